The van der Waals surface area contributed by atoms with E-state index in [0.717, 1.165) is 19.6 Å². The molecule has 2 rings (SSSR count). The molecule has 1 aromatic rings. The van der Waals surface area contributed by atoms with Crippen LogP contribution < -0.4 is 5.32 Å². The van der Waals surface area contributed by atoms with Crippen molar-refractivity contribution in [2.75, 3.05) is 6.54 Å². The van der Waals surface area contributed by atoms with E-state index in [-0.39, 0.29) is 0 Å². The van der Waals surface area contributed by atoms with Gasteiger partial charge in [0.1, 0.15) is 0 Å². The maximum atomic E-state index is 4.24. The number of hydrogen-bond acceptors (Lipinski definition) is 2. The highest BCUT2D eigenvalue weighted by atomic mass is 15.1. The first kappa shape index (κ1) is 10.7. The van der Waals surface area contributed by atoms with E-state index < -0.39 is 0 Å². The van der Waals surface area contributed by atoms with E-state index in [2.05, 4.69) is 28.7 Å². The Morgan fingerprint density at radius 2 is 2.33 bits per heavy atom. The van der Waals surface area contributed by atoms with Gasteiger partial charge in [-0.2, -0.15) is 0 Å². The molecule has 0 amide bonds. The van der Waals surface area contributed by atoms with Gasteiger partial charge in [0.25, 0.3) is 0 Å². The van der Waals surface area contributed by atoms with Crippen LogP contribution in [-0.4, -0.2) is 16.1 Å². The van der Waals surface area contributed by atoms with E-state index in [4.69, 9.17) is 0 Å². The van der Waals surface area contributed by atoms with Crippen LogP contribution in [0.5, 0.6) is 0 Å². The fourth-order valence-electron chi connectivity index (χ4n) is 1.81. The molecule has 15 heavy (non-hydrogen) atoms. The van der Waals surface area contributed by atoms with Gasteiger partial charge in [-0.15, -0.1) is 0 Å². The fourth-order valence-corrected chi connectivity index (χ4v) is 1.81. The van der Waals surface area contributed by atoms with Gasteiger partial charge in [0, 0.05) is 19.3 Å². The molecule has 3 nitrogen and oxygen atoms in total. The second kappa shape index (κ2) is 4.35. The molecule has 1 aromatic heterocycles. The second-order valence-corrected chi connectivity index (χ2v) is 5.00. The zero-order valence-electron chi connectivity index (χ0n) is 9.79. The molecule has 0 atom stereocenters. The van der Waals surface area contributed by atoms with Crippen LogP contribution in [-0.2, 0) is 13.1 Å². The highest BCUT2D eigenvalue weighted by Gasteiger charge is 2.37. The molecule has 0 spiro atoms. The minimum absolute atomic E-state index is 0.556. The zero-order valence-corrected chi connectivity index (χ0v) is 9.79. The van der Waals surface area contributed by atoms with Crippen LogP contribution in [0.3, 0.4) is 0 Å². The molecule has 0 saturated heterocycles. The van der Waals surface area contributed by atoms with Gasteiger partial charge in [-0.3, -0.25) is 0 Å². The quantitative estimate of drug-likeness (QED) is 0.725. The van der Waals surface area contributed by atoms with Gasteiger partial charge in [0.2, 0.25) is 0 Å². The van der Waals surface area contributed by atoms with E-state index >= 15 is 0 Å². The lowest BCUT2D eigenvalue weighted by Gasteiger charge is -2.13. The molecule has 1 aliphatic rings. The maximum absolute atomic E-state index is 4.24. The molecule has 0 radical (unpaired) electrons. The Labute approximate surface area is 91.9 Å². The summed E-state index contributed by atoms with van der Waals surface area (Å²) in [4.78, 5) is 4.24. The summed E-state index contributed by atoms with van der Waals surface area (Å²) < 4.78 is 2.30. The van der Waals surface area contributed by atoms with Crippen molar-refractivity contribution in [1.82, 2.24) is 14.9 Å². The lowest BCUT2D eigenvalue weighted by Crippen LogP contribution is -2.18. The van der Waals surface area contributed by atoms with Crippen molar-refractivity contribution in [1.29, 1.82) is 0 Å². The van der Waals surface area contributed by atoms with Crippen LogP contribution in [0.1, 0.15) is 38.8 Å². The van der Waals surface area contributed by atoms with Crippen molar-refractivity contribution < 1.29 is 0 Å². The monoisotopic (exact) mass is 207 g/mol. The Bertz CT molecular complexity index is 312. The first-order chi connectivity index (χ1) is 7.23. The Morgan fingerprint density at radius 1 is 1.53 bits per heavy atom. The number of aromatic nitrogens is 2. The van der Waals surface area contributed by atoms with Crippen molar-refractivity contribution in [3.63, 3.8) is 0 Å². The van der Waals surface area contributed by atoms with Crippen molar-refractivity contribution >= 4 is 0 Å². The van der Waals surface area contributed by atoms with Crippen molar-refractivity contribution in [3.8, 4) is 0 Å². The zero-order chi connectivity index (χ0) is 10.7. The Kier molecular flexibility index (Phi) is 3.10. The largest absolute Gasteiger partial charge is 0.333 e. The average molecular weight is 207 g/mol. The summed E-state index contributed by atoms with van der Waals surface area (Å²) in [5.41, 5.74) is 1.87. The highest BCUT2D eigenvalue weighted by molar-refractivity contribution is 5.01. The number of hydrogen-bond donors (Lipinski definition) is 1. The summed E-state index contributed by atoms with van der Waals surface area (Å²) >= 11 is 0. The molecule has 1 saturated carbocycles. The Balaban J connectivity index is 1.90. The molecule has 0 bridgehead atoms. The number of imidazole rings is 1. The molecule has 0 aliphatic heterocycles. The molecule has 0 aromatic carbocycles. The standard InChI is InChI=1S/C12H21N3/c1-3-6-13-7-11-8-14-10-15(11)9-12(2)4-5-12/h8,10,13H,3-7,9H2,1-2H3. The summed E-state index contributed by atoms with van der Waals surface area (Å²) in [6, 6.07) is 0. The third-order valence-corrected chi connectivity index (χ3v) is 3.19. The van der Waals surface area contributed by atoms with E-state index in [1.165, 1.54) is 25.0 Å². The smallest absolute Gasteiger partial charge is 0.0948 e. The number of nitrogens with one attached hydrogen (secondary N) is 1. The number of nitrogens with zero attached hydrogens (tertiary/aromatic N) is 2. The van der Waals surface area contributed by atoms with E-state index in [9.17, 15) is 0 Å². The van der Waals surface area contributed by atoms with Crippen LogP contribution in [0.15, 0.2) is 12.5 Å². The van der Waals surface area contributed by atoms with Crippen molar-refractivity contribution in [2.45, 2.75) is 46.2 Å². The average Bonchev–Trinajstić information content (AvgIpc) is 2.76. The Hall–Kier alpha value is -0.830. The Morgan fingerprint density at radius 3 is 3.00 bits per heavy atom. The van der Waals surface area contributed by atoms with Crippen molar-refractivity contribution in [2.24, 2.45) is 5.41 Å². The lowest BCUT2D eigenvalue weighted by atomic mass is 10.1. The SMILES string of the molecule is CCCNCc1cncn1CC1(C)CC1. The van der Waals surface area contributed by atoms with Crippen LogP contribution >= 0.6 is 0 Å². The fraction of sp³-hybridized carbons (Fsp3) is 0.750. The summed E-state index contributed by atoms with van der Waals surface area (Å²) in [5, 5.41) is 3.42. The van der Waals surface area contributed by atoms with Crippen LogP contribution in [0, 0.1) is 5.41 Å². The van der Waals surface area contributed by atoms with Crippen LogP contribution in [0.4, 0.5) is 0 Å². The van der Waals surface area contributed by atoms with E-state index in [1.54, 1.807) is 0 Å². The molecular formula is C12H21N3. The lowest BCUT2D eigenvalue weighted by molar-refractivity contribution is 0.449. The molecule has 1 heterocycles. The first-order valence-electron chi connectivity index (χ1n) is 5.93. The van der Waals surface area contributed by atoms with Gasteiger partial charge in [0.15, 0.2) is 0 Å². The van der Waals surface area contributed by atoms with Gasteiger partial charge in [-0.1, -0.05) is 13.8 Å². The minimum Gasteiger partial charge on any atom is -0.333 e. The van der Waals surface area contributed by atoms with Gasteiger partial charge in [0.05, 0.1) is 12.0 Å². The molecular weight excluding hydrogens is 186 g/mol. The van der Waals surface area contributed by atoms with Gasteiger partial charge in [-0.25, -0.2) is 4.98 Å². The maximum Gasteiger partial charge on any atom is 0.0948 e. The van der Waals surface area contributed by atoms with E-state index in [1.807, 2.05) is 12.5 Å². The summed E-state index contributed by atoms with van der Waals surface area (Å²) in [6.45, 7) is 7.72. The summed E-state index contributed by atoms with van der Waals surface area (Å²) in [7, 11) is 0. The van der Waals surface area contributed by atoms with Crippen molar-refractivity contribution in [3.05, 3.63) is 18.2 Å². The van der Waals surface area contributed by atoms with E-state index in [0.29, 0.717) is 5.41 Å². The predicted octanol–water partition coefficient (Wildman–Crippen LogP) is 2.18. The molecule has 0 unspecified atom stereocenters. The third-order valence-electron chi connectivity index (χ3n) is 3.19. The normalized spacial score (nSPS) is 18.0. The van der Waals surface area contributed by atoms with Gasteiger partial charge in [-0.05, 0) is 31.2 Å². The predicted molar refractivity (Wildman–Crippen MR) is 61.6 cm³/mol. The number of rotatable bonds is 6. The molecule has 1 aliphatic carbocycles. The van der Waals surface area contributed by atoms with Gasteiger partial charge >= 0.3 is 0 Å². The molecule has 84 valence electrons. The van der Waals surface area contributed by atoms with Gasteiger partial charge < -0.3 is 9.88 Å². The summed E-state index contributed by atoms with van der Waals surface area (Å²) in [6.07, 6.45) is 7.87. The highest BCUT2D eigenvalue weighted by Crippen LogP contribution is 2.46. The summed E-state index contributed by atoms with van der Waals surface area (Å²) in [5.74, 6) is 0. The molecule has 3 heteroatoms. The van der Waals surface area contributed by atoms with Crippen LogP contribution in [0.25, 0.3) is 0 Å². The van der Waals surface area contributed by atoms with Crippen LogP contribution in [0.2, 0.25) is 0 Å². The molecule has 1 N–H and O–H groups in total. The molecule has 1 fully saturated rings. The topological polar surface area (TPSA) is 29.9 Å². The third kappa shape index (κ3) is 2.81. The first-order valence-corrected chi connectivity index (χ1v) is 5.93. The second-order valence-electron chi connectivity index (χ2n) is 5.00. The minimum atomic E-state index is 0.556.